The van der Waals surface area contributed by atoms with Crippen molar-refractivity contribution < 1.29 is 18.7 Å². The van der Waals surface area contributed by atoms with E-state index in [9.17, 15) is 14.0 Å². The molecule has 16 heavy (non-hydrogen) atoms. The Morgan fingerprint density at radius 2 is 2.19 bits per heavy atom. The van der Waals surface area contributed by atoms with Gasteiger partial charge in [0, 0.05) is 11.3 Å². The van der Waals surface area contributed by atoms with Crippen LogP contribution >= 0.6 is 11.6 Å². The second-order valence-electron chi connectivity index (χ2n) is 2.80. The highest BCUT2D eigenvalue weighted by molar-refractivity contribution is 6.67. The average Bonchev–Trinajstić information content (AvgIpc) is 2.26. The van der Waals surface area contributed by atoms with Gasteiger partial charge in [-0.05, 0) is 29.8 Å². The van der Waals surface area contributed by atoms with E-state index in [1.165, 1.54) is 12.1 Å². The van der Waals surface area contributed by atoms with Gasteiger partial charge in [0.2, 0.25) is 0 Å². The number of carbonyl (C=O) groups is 2. The third-order valence-corrected chi connectivity index (χ3v) is 1.86. The van der Waals surface area contributed by atoms with Crippen LogP contribution in [-0.4, -0.2) is 24.6 Å². The van der Waals surface area contributed by atoms with Crippen molar-refractivity contribution >= 4 is 28.6 Å². The molecule has 1 rings (SSSR count). The first-order valence-electron chi connectivity index (χ1n) is 4.43. The number of anilines is 1. The summed E-state index contributed by atoms with van der Waals surface area (Å²) in [6.45, 7) is -1.05. The molecular weight excluding hydrogens is 237 g/mol. The fourth-order valence-electron chi connectivity index (χ4n) is 1.00. The van der Waals surface area contributed by atoms with Gasteiger partial charge < -0.3 is 4.74 Å². The molecule has 0 unspecified atom stereocenters. The molecule has 0 aliphatic heterocycles. The quantitative estimate of drug-likeness (QED) is 0.830. The minimum absolute atomic E-state index is 0.255. The van der Waals surface area contributed by atoms with Crippen molar-refractivity contribution in [3.63, 3.8) is 0 Å². The molecule has 0 aliphatic rings. The lowest BCUT2D eigenvalue weighted by molar-refractivity contribution is 0.108. The number of rotatable bonds is 4. The highest BCUT2D eigenvalue weighted by Gasteiger charge is 2.05. The van der Waals surface area contributed by atoms with Crippen LogP contribution in [0.2, 0.25) is 0 Å². The Bertz CT molecular complexity index is 397. The van der Waals surface area contributed by atoms with Crippen molar-refractivity contribution in [1.82, 2.24) is 0 Å². The van der Waals surface area contributed by atoms with E-state index < -0.39 is 18.0 Å². The first-order valence-corrected chi connectivity index (χ1v) is 4.81. The lowest BCUT2D eigenvalue weighted by Crippen LogP contribution is -2.15. The van der Waals surface area contributed by atoms with Gasteiger partial charge in [-0.2, -0.15) is 0 Å². The molecule has 4 nitrogen and oxygen atoms in total. The largest absolute Gasteiger partial charge is 0.447 e. The maximum atomic E-state index is 11.7. The number of benzene rings is 1. The molecule has 0 aromatic heterocycles. The maximum absolute atomic E-state index is 11.7. The van der Waals surface area contributed by atoms with E-state index in [0.29, 0.717) is 5.69 Å². The molecule has 6 heteroatoms. The van der Waals surface area contributed by atoms with Gasteiger partial charge in [-0.1, -0.05) is 6.07 Å². The zero-order valence-electron chi connectivity index (χ0n) is 8.20. The summed E-state index contributed by atoms with van der Waals surface area (Å²) in [4.78, 5) is 21.9. The molecule has 0 saturated heterocycles. The lowest BCUT2D eigenvalue weighted by Gasteiger charge is -2.05. The molecule has 0 bridgehead atoms. The molecule has 0 atom stereocenters. The highest BCUT2D eigenvalue weighted by Crippen LogP contribution is 2.12. The van der Waals surface area contributed by atoms with E-state index in [1.54, 1.807) is 12.1 Å². The zero-order chi connectivity index (χ0) is 12.0. The topological polar surface area (TPSA) is 55.4 Å². The van der Waals surface area contributed by atoms with Crippen LogP contribution in [-0.2, 0) is 4.74 Å². The minimum Gasteiger partial charge on any atom is -0.447 e. The SMILES string of the molecule is O=C(Nc1cccc(C(=O)Cl)c1)OCCF. The van der Waals surface area contributed by atoms with E-state index >= 15 is 0 Å². The Morgan fingerprint density at radius 1 is 1.44 bits per heavy atom. The molecule has 1 aromatic carbocycles. The van der Waals surface area contributed by atoms with Crippen molar-refractivity contribution in [3.8, 4) is 0 Å². The molecule has 0 fully saturated rings. The van der Waals surface area contributed by atoms with Gasteiger partial charge in [0.1, 0.15) is 13.3 Å². The molecule has 0 aliphatic carbocycles. The smallest absolute Gasteiger partial charge is 0.411 e. The van der Waals surface area contributed by atoms with Crippen LogP contribution in [0.5, 0.6) is 0 Å². The van der Waals surface area contributed by atoms with Crippen molar-refractivity contribution in [2.45, 2.75) is 0 Å². The molecule has 1 N–H and O–H groups in total. The predicted octanol–water partition coefficient (Wildman–Crippen LogP) is 2.58. The number of carbonyl (C=O) groups excluding carboxylic acids is 2. The normalized spacial score (nSPS) is 9.62. The van der Waals surface area contributed by atoms with Crippen LogP contribution in [0.3, 0.4) is 0 Å². The fraction of sp³-hybridized carbons (Fsp3) is 0.200. The van der Waals surface area contributed by atoms with Gasteiger partial charge in [0.25, 0.3) is 5.24 Å². The third kappa shape index (κ3) is 3.86. The summed E-state index contributed by atoms with van der Waals surface area (Å²) in [6.07, 6.45) is -0.781. The van der Waals surface area contributed by atoms with Crippen LogP contribution in [0.4, 0.5) is 14.9 Å². The summed E-state index contributed by atoms with van der Waals surface area (Å²) in [5, 5.41) is 1.71. The summed E-state index contributed by atoms with van der Waals surface area (Å²) >= 11 is 5.26. The molecule has 0 heterocycles. The standard InChI is InChI=1S/C10H9ClFNO3/c11-9(14)7-2-1-3-8(6-7)13-10(15)16-5-4-12/h1-3,6H,4-5H2,(H,13,15). The van der Waals surface area contributed by atoms with Crippen molar-refractivity contribution in [2.75, 3.05) is 18.6 Å². The van der Waals surface area contributed by atoms with E-state index in [1.807, 2.05) is 0 Å². The van der Waals surface area contributed by atoms with Gasteiger partial charge in [-0.3, -0.25) is 10.1 Å². The summed E-state index contributed by atoms with van der Waals surface area (Å²) in [5.41, 5.74) is 0.611. The second-order valence-corrected chi connectivity index (χ2v) is 3.15. The van der Waals surface area contributed by atoms with Crippen LogP contribution in [0.25, 0.3) is 0 Å². The number of hydrogen-bond donors (Lipinski definition) is 1. The first-order chi connectivity index (χ1) is 7.63. The molecule has 0 saturated carbocycles. The molecular formula is C10H9ClFNO3. The number of hydrogen-bond acceptors (Lipinski definition) is 3. The van der Waals surface area contributed by atoms with Gasteiger partial charge in [0.15, 0.2) is 0 Å². The van der Waals surface area contributed by atoms with Gasteiger partial charge in [-0.15, -0.1) is 0 Å². The van der Waals surface area contributed by atoms with Crippen LogP contribution in [0.1, 0.15) is 10.4 Å². The van der Waals surface area contributed by atoms with Crippen molar-refractivity contribution in [1.29, 1.82) is 0 Å². The van der Waals surface area contributed by atoms with E-state index in [-0.39, 0.29) is 12.2 Å². The number of nitrogens with one attached hydrogen (secondary N) is 1. The Hall–Kier alpha value is -1.62. The fourth-order valence-corrected chi connectivity index (χ4v) is 1.12. The maximum Gasteiger partial charge on any atom is 0.411 e. The van der Waals surface area contributed by atoms with Crippen molar-refractivity contribution in [3.05, 3.63) is 29.8 Å². The Morgan fingerprint density at radius 3 is 2.81 bits per heavy atom. The van der Waals surface area contributed by atoms with Gasteiger partial charge in [0.05, 0.1) is 0 Å². The molecule has 0 radical (unpaired) electrons. The lowest BCUT2D eigenvalue weighted by atomic mass is 10.2. The number of amides is 1. The molecule has 1 aromatic rings. The molecule has 0 spiro atoms. The molecule has 1 amide bonds. The summed E-state index contributed by atoms with van der Waals surface area (Å²) in [7, 11) is 0. The van der Waals surface area contributed by atoms with Crippen LogP contribution in [0.15, 0.2) is 24.3 Å². The predicted molar refractivity (Wildman–Crippen MR) is 57.6 cm³/mol. The Kier molecular flexibility index (Phi) is 4.72. The summed E-state index contributed by atoms with van der Waals surface area (Å²) < 4.78 is 16.1. The second kappa shape index (κ2) is 6.07. The van der Waals surface area contributed by atoms with Gasteiger partial charge in [-0.25, -0.2) is 9.18 Å². The average molecular weight is 246 g/mol. The van der Waals surface area contributed by atoms with Crippen LogP contribution < -0.4 is 5.32 Å². The number of ether oxygens (including phenoxy) is 1. The zero-order valence-corrected chi connectivity index (χ0v) is 8.96. The van der Waals surface area contributed by atoms with Gasteiger partial charge >= 0.3 is 6.09 Å². The highest BCUT2D eigenvalue weighted by atomic mass is 35.5. The van der Waals surface area contributed by atoms with E-state index in [4.69, 9.17) is 11.6 Å². The van der Waals surface area contributed by atoms with Crippen LogP contribution in [0, 0.1) is 0 Å². The molecule has 86 valence electrons. The monoisotopic (exact) mass is 245 g/mol. The third-order valence-electron chi connectivity index (χ3n) is 1.65. The van der Waals surface area contributed by atoms with E-state index in [0.717, 1.165) is 0 Å². The Balaban J connectivity index is 2.63. The Labute approximate surface area is 96.3 Å². The first kappa shape index (κ1) is 12.4. The summed E-state index contributed by atoms with van der Waals surface area (Å²) in [5.74, 6) is 0. The van der Waals surface area contributed by atoms with E-state index in [2.05, 4.69) is 10.1 Å². The number of halogens is 2. The minimum atomic E-state index is -0.781. The van der Waals surface area contributed by atoms with Crippen molar-refractivity contribution in [2.24, 2.45) is 0 Å². The number of alkyl halides is 1. The summed E-state index contributed by atoms with van der Waals surface area (Å²) in [6, 6.07) is 6.01.